The monoisotopic (exact) mass is 340 g/mol. The lowest BCUT2D eigenvalue weighted by Crippen LogP contribution is -2.57. The number of aromatic nitrogens is 1. The van der Waals surface area contributed by atoms with Gasteiger partial charge in [0.05, 0.1) is 0 Å². The summed E-state index contributed by atoms with van der Waals surface area (Å²) in [7, 11) is 1.27. The zero-order valence-corrected chi connectivity index (χ0v) is 14.6. The van der Waals surface area contributed by atoms with E-state index in [1.165, 1.54) is 23.6 Å². The average Bonchev–Trinajstić information content (AvgIpc) is 2.97. The van der Waals surface area contributed by atoms with E-state index in [9.17, 15) is 13.2 Å². The minimum atomic E-state index is -3.60. The number of likely N-dealkylation sites (N-methyl/N-ethyl adjacent to an activating group) is 1. The second-order valence-electron chi connectivity index (χ2n) is 6.48. The lowest BCUT2D eigenvalue weighted by atomic mass is 9.84. The van der Waals surface area contributed by atoms with Gasteiger partial charge in [-0.1, -0.05) is 0 Å². The minimum Gasteiger partial charge on any atom is -0.354 e. The van der Waals surface area contributed by atoms with Gasteiger partial charge in [-0.25, -0.2) is 8.42 Å². The summed E-state index contributed by atoms with van der Waals surface area (Å²) in [6.07, 6.45) is 3.63. The Kier molecular flexibility index (Phi) is 4.24. The molecule has 1 amide bonds. The molecule has 1 N–H and O–H groups in total. The number of hydrogen-bond donors (Lipinski definition) is 1. The van der Waals surface area contributed by atoms with Crippen molar-refractivity contribution in [3.8, 4) is 0 Å². The second-order valence-corrected chi connectivity index (χ2v) is 8.48. The van der Waals surface area contributed by atoms with E-state index < -0.39 is 10.0 Å². The Hall–Kier alpha value is -1.38. The van der Waals surface area contributed by atoms with Crippen LogP contribution in [0.1, 0.15) is 23.3 Å². The summed E-state index contributed by atoms with van der Waals surface area (Å²) in [5.74, 6) is 0.140. The van der Waals surface area contributed by atoms with Crippen molar-refractivity contribution >= 4 is 15.9 Å². The molecule has 4 heterocycles. The smallest absolute Gasteiger partial charge is 0.267 e. The van der Waals surface area contributed by atoms with Crippen LogP contribution < -0.4 is 5.32 Å². The molecular formula is C15H24N4O3S. The van der Waals surface area contributed by atoms with Crippen molar-refractivity contribution in [2.45, 2.75) is 23.8 Å². The Bertz CT molecular complexity index is 704. The first-order valence-corrected chi connectivity index (χ1v) is 9.37. The molecule has 0 aromatic carbocycles. The molecule has 8 heteroatoms. The van der Waals surface area contributed by atoms with E-state index in [0.29, 0.717) is 11.6 Å². The largest absolute Gasteiger partial charge is 0.354 e. The molecule has 0 aliphatic carbocycles. The second kappa shape index (κ2) is 5.92. The normalized spacial score (nSPS) is 27.4. The number of carbonyl (C=O) groups excluding carboxylic acids is 1. The summed E-state index contributed by atoms with van der Waals surface area (Å²) in [5.41, 5.74) is 0.341. The van der Waals surface area contributed by atoms with Gasteiger partial charge in [0.2, 0.25) is 10.0 Å². The van der Waals surface area contributed by atoms with Gasteiger partial charge in [-0.05, 0) is 37.9 Å². The summed E-state index contributed by atoms with van der Waals surface area (Å²) in [6, 6.07) is 1.47. The van der Waals surface area contributed by atoms with E-state index in [1.807, 2.05) is 0 Å². The van der Waals surface area contributed by atoms with Crippen LogP contribution in [0, 0.1) is 5.92 Å². The molecule has 0 radical (unpaired) electrons. The summed E-state index contributed by atoms with van der Waals surface area (Å²) in [4.78, 5) is 14.3. The van der Waals surface area contributed by atoms with E-state index in [2.05, 4.69) is 10.2 Å². The first kappa shape index (κ1) is 16.5. The molecule has 3 aliphatic heterocycles. The molecule has 1 aromatic rings. The highest BCUT2D eigenvalue weighted by Crippen LogP contribution is 2.33. The van der Waals surface area contributed by atoms with Crippen LogP contribution in [0.5, 0.6) is 0 Å². The van der Waals surface area contributed by atoms with Crippen LogP contribution in [-0.2, 0) is 17.1 Å². The van der Waals surface area contributed by atoms with Crippen molar-refractivity contribution in [1.82, 2.24) is 19.1 Å². The van der Waals surface area contributed by atoms with Crippen molar-refractivity contribution in [3.05, 3.63) is 18.0 Å². The van der Waals surface area contributed by atoms with Gasteiger partial charge in [-0.15, -0.1) is 0 Å². The zero-order chi connectivity index (χ0) is 16.8. The predicted octanol–water partition coefficient (Wildman–Crippen LogP) is 0.0994. The number of hydrogen-bond acceptors (Lipinski definition) is 4. The highest BCUT2D eigenvalue weighted by atomic mass is 32.2. The number of piperidine rings is 3. The van der Waals surface area contributed by atoms with Gasteiger partial charge in [-0.3, -0.25) is 4.79 Å². The Morgan fingerprint density at radius 1 is 1.35 bits per heavy atom. The predicted molar refractivity (Wildman–Crippen MR) is 86.7 cm³/mol. The maximum Gasteiger partial charge on any atom is 0.267 e. The van der Waals surface area contributed by atoms with E-state index in [-0.39, 0.29) is 16.8 Å². The quantitative estimate of drug-likeness (QED) is 0.844. The molecule has 3 saturated heterocycles. The SMILES string of the molecule is CNC(=O)c1cc(S(=O)(=O)N(C)[C@@H]2CN3CCC2CC3)cn1C. The Balaban J connectivity index is 1.88. The molecule has 1 atom stereocenters. The van der Waals surface area contributed by atoms with Gasteiger partial charge in [0, 0.05) is 39.9 Å². The van der Waals surface area contributed by atoms with Gasteiger partial charge in [0.25, 0.3) is 5.91 Å². The fraction of sp³-hybridized carbons (Fsp3) is 0.667. The Morgan fingerprint density at radius 3 is 2.52 bits per heavy atom. The van der Waals surface area contributed by atoms with Gasteiger partial charge in [-0.2, -0.15) is 4.31 Å². The summed E-state index contributed by atoms with van der Waals surface area (Å²) < 4.78 is 29.0. The van der Waals surface area contributed by atoms with Gasteiger partial charge < -0.3 is 14.8 Å². The molecule has 7 nitrogen and oxygen atoms in total. The van der Waals surface area contributed by atoms with Crippen LogP contribution >= 0.6 is 0 Å². The first-order chi connectivity index (χ1) is 10.8. The number of nitrogens with one attached hydrogen (secondary N) is 1. The average molecular weight is 340 g/mol. The lowest BCUT2D eigenvalue weighted by molar-refractivity contribution is 0.0465. The standard InChI is InChI=1S/C15H24N4O3S/c1-16-15(20)13-8-12(9-17(13)2)23(21,22)18(3)14-10-19-6-4-11(14)5-7-19/h8-9,11,14H,4-7,10H2,1-3H3,(H,16,20)/t14-/m1/s1. The summed E-state index contributed by atoms with van der Waals surface area (Å²) >= 11 is 0. The van der Waals surface area contributed by atoms with E-state index in [0.717, 1.165) is 32.5 Å². The summed E-state index contributed by atoms with van der Waals surface area (Å²) in [6.45, 7) is 2.94. The molecular weight excluding hydrogens is 316 g/mol. The Morgan fingerprint density at radius 2 is 2.00 bits per heavy atom. The van der Waals surface area contributed by atoms with Crippen molar-refractivity contribution in [2.75, 3.05) is 33.7 Å². The highest BCUT2D eigenvalue weighted by Gasteiger charge is 2.40. The highest BCUT2D eigenvalue weighted by molar-refractivity contribution is 7.89. The molecule has 0 unspecified atom stereocenters. The van der Waals surface area contributed by atoms with Gasteiger partial charge in [0.1, 0.15) is 10.6 Å². The first-order valence-electron chi connectivity index (χ1n) is 7.93. The fourth-order valence-corrected chi connectivity index (χ4v) is 5.20. The number of aryl methyl sites for hydroxylation is 1. The molecule has 23 heavy (non-hydrogen) atoms. The van der Waals surface area contributed by atoms with Gasteiger partial charge in [0.15, 0.2) is 0 Å². The summed E-state index contributed by atoms with van der Waals surface area (Å²) in [5, 5.41) is 2.53. The van der Waals surface area contributed by atoms with Crippen molar-refractivity contribution in [2.24, 2.45) is 13.0 Å². The maximum absolute atomic E-state index is 12.9. The van der Waals surface area contributed by atoms with Crippen LogP contribution in [0.3, 0.4) is 0 Å². The molecule has 128 valence electrons. The lowest BCUT2D eigenvalue weighted by Gasteiger charge is -2.47. The van der Waals surface area contributed by atoms with E-state index in [1.54, 1.807) is 18.7 Å². The molecule has 0 saturated carbocycles. The molecule has 3 aliphatic rings. The molecule has 0 spiro atoms. The van der Waals surface area contributed by atoms with Gasteiger partial charge >= 0.3 is 0 Å². The van der Waals surface area contributed by atoms with Crippen molar-refractivity contribution < 1.29 is 13.2 Å². The van der Waals surface area contributed by atoms with Crippen LogP contribution in [0.2, 0.25) is 0 Å². The molecule has 1 aromatic heterocycles. The zero-order valence-electron chi connectivity index (χ0n) is 13.8. The molecule has 4 rings (SSSR count). The van der Waals surface area contributed by atoms with Crippen molar-refractivity contribution in [1.29, 1.82) is 0 Å². The minimum absolute atomic E-state index is 0.0196. The number of nitrogens with zero attached hydrogens (tertiary/aromatic N) is 3. The van der Waals surface area contributed by atoms with Crippen LogP contribution in [-0.4, -0.2) is 67.9 Å². The number of sulfonamides is 1. The number of fused-ring (bicyclic) bond motifs is 3. The van der Waals surface area contributed by atoms with Crippen molar-refractivity contribution in [3.63, 3.8) is 0 Å². The maximum atomic E-state index is 12.9. The number of amides is 1. The van der Waals surface area contributed by atoms with Crippen LogP contribution in [0.25, 0.3) is 0 Å². The van der Waals surface area contributed by atoms with Crippen LogP contribution in [0.15, 0.2) is 17.2 Å². The third kappa shape index (κ3) is 2.79. The molecule has 2 bridgehead atoms. The molecule has 3 fully saturated rings. The topological polar surface area (TPSA) is 74.7 Å². The van der Waals surface area contributed by atoms with E-state index >= 15 is 0 Å². The van der Waals surface area contributed by atoms with E-state index in [4.69, 9.17) is 0 Å². The number of carbonyl (C=O) groups is 1. The third-order valence-electron chi connectivity index (χ3n) is 5.21. The van der Waals surface area contributed by atoms with Crippen LogP contribution in [0.4, 0.5) is 0 Å². The third-order valence-corrected chi connectivity index (χ3v) is 7.05. The fourth-order valence-electron chi connectivity index (χ4n) is 3.72. The number of rotatable bonds is 4. The Labute approximate surface area is 137 Å².